The van der Waals surface area contributed by atoms with Crippen molar-refractivity contribution >= 4 is 21.4 Å². The molecule has 1 unspecified atom stereocenters. The van der Waals surface area contributed by atoms with Gasteiger partial charge in [-0.25, -0.2) is 4.39 Å². The highest BCUT2D eigenvalue weighted by molar-refractivity contribution is 7.19. The van der Waals surface area contributed by atoms with Gasteiger partial charge in [0.05, 0.1) is 19.8 Å². The Kier molecular flexibility index (Phi) is 4.70. The molecule has 1 saturated heterocycles. The summed E-state index contributed by atoms with van der Waals surface area (Å²) in [5, 5.41) is 1.21. The maximum absolute atomic E-state index is 14.0. The second-order valence-corrected chi connectivity index (χ2v) is 7.40. The number of rotatable bonds is 4. The van der Waals surface area contributed by atoms with Gasteiger partial charge in [-0.1, -0.05) is 18.2 Å². The van der Waals surface area contributed by atoms with Crippen LogP contribution in [0.4, 0.5) is 4.39 Å². The molecule has 0 aliphatic carbocycles. The monoisotopic (exact) mass is 357 g/mol. The molecule has 3 nitrogen and oxygen atoms in total. The van der Waals surface area contributed by atoms with Crippen molar-refractivity contribution in [2.24, 2.45) is 0 Å². The molecule has 0 bridgehead atoms. The van der Waals surface area contributed by atoms with Crippen molar-refractivity contribution < 1.29 is 13.9 Å². The van der Waals surface area contributed by atoms with Gasteiger partial charge in [-0.15, -0.1) is 11.3 Å². The Bertz CT molecular complexity index is 879. The van der Waals surface area contributed by atoms with E-state index in [4.69, 9.17) is 9.47 Å². The Balaban J connectivity index is 1.50. The standard InChI is InChI=1S/C20H20FNO2S/c1-23-15-6-7-20-14(10-15)11-16(25-20)12-22-8-9-24-19(13-22)17-4-2-3-5-18(17)21/h2-7,10-11,19H,8-9,12-13H2,1H3. The van der Waals surface area contributed by atoms with E-state index in [0.717, 1.165) is 18.8 Å². The first-order chi connectivity index (χ1) is 12.2. The molecule has 1 atom stereocenters. The summed E-state index contributed by atoms with van der Waals surface area (Å²) < 4.78 is 26.4. The average Bonchev–Trinajstić information content (AvgIpc) is 3.03. The quantitative estimate of drug-likeness (QED) is 0.680. The number of ether oxygens (including phenoxy) is 2. The molecule has 3 aromatic rings. The largest absolute Gasteiger partial charge is 0.497 e. The van der Waals surface area contributed by atoms with E-state index in [1.807, 2.05) is 18.2 Å². The van der Waals surface area contributed by atoms with E-state index in [2.05, 4.69) is 23.1 Å². The molecule has 2 heterocycles. The summed E-state index contributed by atoms with van der Waals surface area (Å²) in [5.74, 6) is 0.686. The highest BCUT2D eigenvalue weighted by atomic mass is 32.1. The molecule has 0 N–H and O–H groups in total. The van der Waals surface area contributed by atoms with E-state index in [1.54, 1.807) is 24.5 Å². The lowest BCUT2D eigenvalue weighted by Crippen LogP contribution is -2.37. The zero-order valence-corrected chi connectivity index (χ0v) is 14.9. The first-order valence-corrected chi connectivity index (χ1v) is 9.19. The minimum Gasteiger partial charge on any atom is -0.497 e. The van der Waals surface area contributed by atoms with Crippen LogP contribution in [0.3, 0.4) is 0 Å². The van der Waals surface area contributed by atoms with Crippen molar-refractivity contribution in [1.29, 1.82) is 0 Å². The first kappa shape index (κ1) is 16.5. The van der Waals surface area contributed by atoms with Gasteiger partial charge in [0, 0.05) is 34.8 Å². The van der Waals surface area contributed by atoms with Crippen molar-refractivity contribution in [3.05, 3.63) is 64.8 Å². The summed E-state index contributed by atoms with van der Waals surface area (Å²) in [7, 11) is 1.69. The number of nitrogens with zero attached hydrogens (tertiary/aromatic N) is 1. The van der Waals surface area contributed by atoms with Gasteiger partial charge in [0.25, 0.3) is 0 Å². The van der Waals surface area contributed by atoms with Crippen molar-refractivity contribution in [2.75, 3.05) is 26.8 Å². The molecule has 1 aliphatic rings. The molecular formula is C20H20FNO2S. The molecule has 0 radical (unpaired) electrons. The normalized spacial score (nSPS) is 18.6. The number of fused-ring (bicyclic) bond motifs is 1. The van der Waals surface area contributed by atoms with E-state index >= 15 is 0 Å². The summed E-state index contributed by atoms with van der Waals surface area (Å²) in [6, 6.07) is 15.3. The highest BCUT2D eigenvalue weighted by Crippen LogP contribution is 2.31. The van der Waals surface area contributed by atoms with Gasteiger partial charge in [0.15, 0.2) is 0 Å². The van der Waals surface area contributed by atoms with Crippen LogP contribution in [0.1, 0.15) is 16.5 Å². The SMILES string of the molecule is COc1ccc2sc(CN3CCOC(c4ccccc4F)C3)cc2c1. The van der Waals surface area contributed by atoms with E-state index in [0.29, 0.717) is 18.7 Å². The van der Waals surface area contributed by atoms with Gasteiger partial charge >= 0.3 is 0 Å². The van der Waals surface area contributed by atoms with E-state index in [1.165, 1.54) is 21.0 Å². The Morgan fingerprint density at radius 2 is 2.12 bits per heavy atom. The van der Waals surface area contributed by atoms with E-state index in [9.17, 15) is 4.39 Å². The van der Waals surface area contributed by atoms with Gasteiger partial charge in [-0.3, -0.25) is 4.90 Å². The van der Waals surface area contributed by atoms with Crippen LogP contribution in [0.5, 0.6) is 5.75 Å². The molecular weight excluding hydrogens is 337 g/mol. The van der Waals surface area contributed by atoms with Crippen LogP contribution >= 0.6 is 11.3 Å². The van der Waals surface area contributed by atoms with Crippen LogP contribution < -0.4 is 4.74 Å². The Morgan fingerprint density at radius 3 is 2.96 bits per heavy atom. The van der Waals surface area contributed by atoms with Crippen molar-refractivity contribution in [2.45, 2.75) is 12.6 Å². The number of thiophene rings is 1. The van der Waals surface area contributed by atoms with Gasteiger partial charge in [-0.05, 0) is 35.7 Å². The third-order valence-electron chi connectivity index (χ3n) is 4.56. The molecule has 25 heavy (non-hydrogen) atoms. The molecule has 0 amide bonds. The topological polar surface area (TPSA) is 21.7 Å². The Morgan fingerprint density at radius 1 is 1.24 bits per heavy atom. The predicted molar refractivity (Wildman–Crippen MR) is 98.7 cm³/mol. The van der Waals surface area contributed by atoms with Gasteiger partial charge in [0.2, 0.25) is 0 Å². The zero-order chi connectivity index (χ0) is 17.2. The molecule has 2 aromatic carbocycles. The fourth-order valence-electron chi connectivity index (χ4n) is 3.27. The third-order valence-corrected chi connectivity index (χ3v) is 5.66. The van der Waals surface area contributed by atoms with Crippen LogP contribution in [0.2, 0.25) is 0 Å². The maximum atomic E-state index is 14.0. The van der Waals surface area contributed by atoms with Gasteiger partial charge < -0.3 is 9.47 Å². The van der Waals surface area contributed by atoms with Gasteiger partial charge in [-0.2, -0.15) is 0 Å². The zero-order valence-electron chi connectivity index (χ0n) is 14.1. The highest BCUT2D eigenvalue weighted by Gasteiger charge is 2.24. The van der Waals surface area contributed by atoms with Crippen LogP contribution in [-0.2, 0) is 11.3 Å². The second-order valence-electron chi connectivity index (χ2n) is 6.23. The fraction of sp³-hybridized carbons (Fsp3) is 0.300. The fourth-order valence-corrected chi connectivity index (χ4v) is 4.36. The summed E-state index contributed by atoms with van der Waals surface area (Å²) in [6.07, 6.45) is -0.204. The number of methoxy groups -OCH3 is 1. The summed E-state index contributed by atoms with van der Waals surface area (Å²) >= 11 is 1.80. The van der Waals surface area contributed by atoms with Crippen LogP contribution in [0.25, 0.3) is 10.1 Å². The minimum atomic E-state index is -0.204. The molecule has 1 fully saturated rings. The number of morpholine rings is 1. The van der Waals surface area contributed by atoms with Gasteiger partial charge in [0.1, 0.15) is 11.6 Å². The lowest BCUT2D eigenvalue weighted by atomic mass is 10.1. The molecule has 0 saturated carbocycles. The lowest BCUT2D eigenvalue weighted by Gasteiger charge is -2.33. The molecule has 0 spiro atoms. The number of benzene rings is 2. The van der Waals surface area contributed by atoms with Crippen molar-refractivity contribution in [1.82, 2.24) is 4.90 Å². The summed E-state index contributed by atoms with van der Waals surface area (Å²) in [4.78, 5) is 3.64. The summed E-state index contributed by atoms with van der Waals surface area (Å²) in [5.41, 5.74) is 0.647. The van der Waals surface area contributed by atoms with Crippen LogP contribution in [0.15, 0.2) is 48.5 Å². The maximum Gasteiger partial charge on any atom is 0.129 e. The average molecular weight is 357 g/mol. The van der Waals surface area contributed by atoms with E-state index < -0.39 is 0 Å². The third kappa shape index (κ3) is 3.54. The molecule has 4 rings (SSSR count). The minimum absolute atomic E-state index is 0.191. The first-order valence-electron chi connectivity index (χ1n) is 8.38. The number of halogens is 1. The second kappa shape index (κ2) is 7.12. The van der Waals surface area contributed by atoms with E-state index in [-0.39, 0.29) is 11.9 Å². The number of hydrogen-bond donors (Lipinski definition) is 0. The lowest BCUT2D eigenvalue weighted by molar-refractivity contribution is -0.0341. The number of hydrogen-bond acceptors (Lipinski definition) is 4. The molecule has 1 aromatic heterocycles. The Hall–Kier alpha value is -1.95. The molecule has 5 heteroatoms. The molecule has 130 valence electrons. The summed E-state index contributed by atoms with van der Waals surface area (Å²) in [6.45, 7) is 3.05. The predicted octanol–water partition coefficient (Wildman–Crippen LogP) is 4.62. The van der Waals surface area contributed by atoms with Crippen LogP contribution in [-0.4, -0.2) is 31.7 Å². The van der Waals surface area contributed by atoms with Crippen molar-refractivity contribution in [3.63, 3.8) is 0 Å². The smallest absolute Gasteiger partial charge is 0.129 e. The molecule has 1 aliphatic heterocycles. The Labute approximate surface area is 150 Å². The van der Waals surface area contributed by atoms with Crippen molar-refractivity contribution in [3.8, 4) is 5.75 Å². The van der Waals surface area contributed by atoms with Crippen LogP contribution in [0, 0.1) is 5.82 Å².